The summed E-state index contributed by atoms with van der Waals surface area (Å²) in [6.45, 7) is 10.5. The topological polar surface area (TPSA) is 88.8 Å². The van der Waals surface area contributed by atoms with Gasteiger partial charge in [-0.2, -0.15) is 8.88 Å². The van der Waals surface area contributed by atoms with E-state index in [1.165, 1.54) is 11.3 Å². The molecule has 1 aliphatic carbocycles. The summed E-state index contributed by atoms with van der Waals surface area (Å²) in [7, 11) is -3.77. The second-order valence-corrected chi connectivity index (χ2v) is 15.1. The van der Waals surface area contributed by atoms with E-state index >= 15 is 0 Å². The summed E-state index contributed by atoms with van der Waals surface area (Å²) >= 11 is 0. The quantitative estimate of drug-likeness (QED) is 0.0734. The first-order chi connectivity index (χ1) is 24.3. The van der Waals surface area contributed by atoms with Crippen molar-refractivity contribution in [1.82, 2.24) is 8.88 Å². The highest BCUT2D eigenvalue weighted by Crippen LogP contribution is 2.44. The van der Waals surface area contributed by atoms with Gasteiger partial charge in [0.25, 0.3) is 0 Å². The summed E-state index contributed by atoms with van der Waals surface area (Å²) in [5, 5.41) is 1.81. The number of rotatable bonds is 9. The third kappa shape index (κ3) is 6.35. The van der Waals surface area contributed by atoms with Crippen LogP contribution in [0.3, 0.4) is 0 Å². The molecule has 3 aliphatic heterocycles. The fourth-order valence-electron chi connectivity index (χ4n) is 7.22. The molecule has 8 heteroatoms. The smallest absolute Gasteiger partial charge is 0.243 e. The molecule has 1 fully saturated rings. The lowest BCUT2D eigenvalue weighted by Gasteiger charge is -2.30. The fraction of sp³-hybridized carbons (Fsp3) is 0.262. The van der Waals surface area contributed by atoms with Crippen molar-refractivity contribution in [3.05, 3.63) is 132 Å². The first-order valence-corrected chi connectivity index (χ1v) is 18.9. The number of benzene rings is 4. The number of fused-ring (bicyclic) bond motifs is 3. The maximum absolute atomic E-state index is 14.3. The van der Waals surface area contributed by atoms with Crippen LogP contribution in [0.1, 0.15) is 38.7 Å². The van der Waals surface area contributed by atoms with Crippen LogP contribution >= 0.6 is 0 Å². The molecule has 0 spiro atoms. The minimum absolute atomic E-state index is 0.303. The van der Waals surface area contributed by atoms with Gasteiger partial charge in [0.15, 0.2) is 6.54 Å². The van der Waals surface area contributed by atoms with E-state index in [0.29, 0.717) is 65.3 Å². The van der Waals surface area contributed by atoms with Crippen LogP contribution in [0.25, 0.3) is 33.4 Å². The number of para-hydroxylation sites is 1. The van der Waals surface area contributed by atoms with Gasteiger partial charge in [0.2, 0.25) is 21.1 Å². The Morgan fingerprint density at radius 3 is 2.58 bits per heavy atom. The standard InChI is InChI=1S/C42H44N3O4S/c1-4-10-38(30(5-2)19-23-43)48-33-16-18-35-40(28-33)49-39-27-32(45-26-22-31-11-6-8-13-37(31)45)15-17-34(39)42(35)36-12-7-9-14-41(36)50(46,47)44-24-20-29(3)21-25-44/h4-18,27-29H,2,19-26,43H2,1,3H3/q+1/b10-4-,38-30-,45-32?. The molecule has 0 atom stereocenters. The van der Waals surface area contributed by atoms with E-state index in [0.717, 1.165) is 53.3 Å². The number of piperidine rings is 1. The maximum atomic E-state index is 14.3. The third-order valence-corrected chi connectivity index (χ3v) is 11.9. The van der Waals surface area contributed by atoms with Crippen LogP contribution in [-0.2, 0) is 16.4 Å². The Morgan fingerprint density at radius 1 is 1.02 bits per heavy atom. The summed E-state index contributed by atoms with van der Waals surface area (Å²) in [5.74, 6) is 2.42. The van der Waals surface area contributed by atoms with Crippen LogP contribution in [0.2, 0.25) is 0 Å². The average molecular weight is 687 g/mol. The SMILES string of the molecule is C=C/C(CCN)=C(\C=C/C)Oc1ccc2c(-c3ccccc3S(=O)(=O)N3CCC(C)CC3)c3ccc(=[N+]4CCc5ccccc54)cc-3oc2c1. The number of ether oxygens (including phenoxy) is 1. The van der Waals surface area contributed by atoms with E-state index in [9.17, 15) is 8.42 Å². The van der Waals surface area contributed by atoms with E-state index in [1.54, 1.807) is 16.4 Å². The number of nitrogens with two attached hydrogens (primary N) is 1. The molecule has 7 nitrogen and oxygen atoms in total. The predicted octanol–water partition coefficient (Wildman–Crippen LogP) is 8.03. The van der Waals surface area contributed by atoms with Crippen LogP contribution in [0.4, 0.5) is 5.69 Å². The Hall–Kier alpha value is -4.76. The molecule has 1 saturated heterocycles. The third-order valence-electron chi connectivity index (χ3n) is 9.91. The molecule has 256 valence electrons. The van der Waals surface area contributed by atoms with Gasteiger partial charge in [0.05, 0.1) is 11.0 Å². The molecule has 50 heavy (non-hydrogen) atoms. The van der Waals surface area contributed by atoms with Crippen LogP contribution in [0.15, 0.2) is 130 Å². The molecule has 4 aliphatic rings. The lowest BCUT2D eigenvalue weighted by atomic mass is 9.93. The van der Waals surface area contributed by atoms with Crippen molar-refractivity contribution >= 4 is 26.7 Å². The van der Waals surface area contributed by atoms with Gasteiger partial charge in [-0.3, -0.25) is 0 Å². The molecule has 0 radical (unpaired) electrons. The predicted molar refractivity (Wildman–Crippen MR) is 202 cm³/mol. The summed E-state index contributed by atoms with van der Waals surface area (Å²) in [4.78, 5) is 0.303. The van der Waals surface area contributed by atoms with Gasteiger partial charge >= 0.3 is 0 Å². The van der Waals surface area contributed by atoms with Crippen molar-refractivity contribution in [2.24, 2.45) is 11.7 Å². The van der Waals surface area contributed by atoms with Crippen LogP contribution in [0.5, 0.6) is 5.75 Å². The van der Waals surface area contributed by atoms with Gasteiger partial charge in [0.1, 0.15) is 22.9 Å². The molecule has 0 unspecified atom stereocenters. The minimum atomic E-state index is -3.77. The largest absolute Gasteiger partial charge is 0.457 e. The Bertz CT molecular complexity index is 2290. The van der Waals surface area contributed by atoms with E-state index < -0.39 is 10.0 Å². The number of sulfonamides is 1. The van der Waals surface area contributed by atoms with Crippen molar-refractivity contribution in [2.75, 3.05) is 26.2 Å². The zero-order valence-electron chi connectivity index (χ0n) is 28.8. The second kappa shape index (κ2) is 14.2. The number of allylic oxidation sites excluding steroid dienone is 3. The monoisotopic (exact) mass is 686 g/mol. The van der Waals surface area contributed by atoms with E-state index in [-0.39, 0.29) is 0 Å². The average Bonchev–Trinajstić information content (AvgIpc) is 3.57. The highest BCUT2D eigenvalue weighted by atomic mass is 32.2. The van der Waals surface area contributed by atoms with E-state index in [1.807, 2.05) is 55.5 Å². The summed E-state index contributed by atoms with van der Waals surface area (Å²) in [6.07, 6.45) is 8.90. The van der Waals surface area contributed by atoms with Gasteiger partial charge in [-0.1, -0.05) is 62.1 Å². The maximum Gasteiger partial charge on any atom is 0.243 e. The van der Waals surface area contributed by atoms with Crippen molar-refractivity contribution in [3.63, 3.8) is 0 Å². The molecule has 3 heterocycles. The molecular weight excluding hydrogens is 643 g/mol. The Labute approximate surface area is 294 Å². The van der Waals surface area contributed by atoms with Crippen molar-refractivity contribution in [2.45, 2.75) is 44.4 Å². The molecule has 0 aromatic heterocycles. The fourth-order valence-corrected chi connectivity index (χ4v) is 8.88. The number of hydrogen-bond donors (Lipinski definition) is 1. The molecular formula is C42H44N3O4S+. The Balaban J connectivity index is 1.46. The van der Waals surface area contributed by atoms with Crippen LogP contribution in [0, 0.1) is 5.92 Å². The van der Waals surface area contributed by atoms with Crippen LogP contribution < -0.4 is 20.4 Å². The summed E-state index contributed by atoms with van der Waals surface area (Å²) < 4.78 is 45.8. The highest BCUT2D eigenvalue weighted by molar-refractivity contribution is 7.89. The van der Waals surface area contributed by atoms with Crippen LogP contribution in [-0.4, -0.2) is 38.9 Å². The van der Waals surface area contributed by atoms with E-state index in [4.69, 9.17) is 14.9 Å². The zero-order chi connectivity index (χ0) is 34.8. The lowest BCUT2D eigenvalue weighted by molar-refractivity contribution is 0.288. The molecule has 3 aromatic carbocycles. The minimum Gasteiger partial charge on any atom is -0.457 e. The van der Waals surface area contributed by atoms with Crippen molar-refractivity contribution in [3.8, 4) is 28.2 Å². The van der Waals surface area contributed by atoms with Gasteiger partial charge in [-0.05, 0) is 74.6 Å². The van der Waals surface area contributed by atoms with Gasteiger partial charge in [-0.15, -0.1) is 0 Å². The molecule has 3 aromatic rings. The number of nitrogens with zero attached hydrogens (tertiary/aromatic N) is 2. The molecule has 7 rings (SSSR count). The van der Waals surface area contributed by atoms with Crippen molar-refractivity contribution < 1.29 is 17.6 Å². The lowest BCUT2D eigenvalue weighted by Crippen LogP contribution is -2.38. The molecule has 0 saturated carbocycles. The normalized spacial score (nSPS) is 17.3. The Morgan fingerprint density at radius 2 is 1.80 bits per heavy atom. The molecule has 0 bridgehead atoms. The zero-order valence-corrected chi connectivity index (χ0v) is 29.6. The van der Waals surface area contributed by atoms with Gasteiger partial charge in [-0.25, -0.2) is 8.42 Å². The van der Waals surface area contributed by atoms with Gasteiger partial charge < -0.3 is 14.9 Å². The molecule has 0 amide bonds. The van der Waals surface area contributed by atoms with E-state index in [2.05, 4.69) is 60.5 Å². The Kier molecular flexibility index (Phi) is 9.60. The highest BCUT2D eigenvalue weighted by Gasteiger charge is 2.32. The summed E-state index contributed by atoms with van der Waals surface area (Å²) in [5.41, 5.74) is 12.2. The first kappa shape index (κ1) is 33.7. The molecule has 2 N–H and O–H groups in total. The van der Waals surface area contributed by atoms with Gasteiger partial charge in [0, 0.05) is 65.3 Å². The van der Waals surface area contributed by atoms with Crippen molar-refractivity contribution in [1.29, 1.82) is 0 Å². The second-order valence-electron chi connectivity index (χ2n) is 13.2. The first-order valence-electron chi connectivity index (χ1n) is 17.5. The summed E-state index contributed by atoms with van der Waals surface area (Å²) in [6, 6.07) is 27.8. The number of hydrogen-bond acceptors (Lipinski definition) is 5.